The first-order valence-corrected chi connectivity index (χ1v) is 5.48. The first kappa shape index (κ1) is 12.8. The summed E-state index contributed by atoms with van der Waals surface area (Å²) in [5.74, 6) is -0.922. The molecule has 0 aliphatic heterocycles. The molecule has 0 spiro atoms. The number of aldehydes is 1. The average molecular weight is 260 g/mol. The number of rotatable bonds is 2. The molecule has 2 rings (SSSR count). The van der Waals surface area contributed by atoms with E-state index in [0.717, 1.165) is 6.07 Å². The molecular weight excluding hydrogens is 248 g/mol. The van der Waals surface area contributed by atoms with Crippen molar-refractivity contribution in [3.8, 4) is 17.2 Å². The van der Waals surface area contributed by atoms with E-state index in [2.05, 4.69) is 0 Å². The van der Waals surface area contributed by atoms with Gasteiger partial charge in [0, 0.05) is 6.07 Å². The second kappa shape index (κ2) is 4.53. The minimum atomic E-state index is -0.391. The van der Waals surface area contributed by atoms with E-state index < -0.39 is 5.75 Å². The lowest BCUT2D eigenvalue weighted by atomic mass is 9.98. The molecule has 0 aromatic heterocycles. The zero-order chi connectivity index (χ0) is 14.2. The summed E-state index contributed by atoms with van der Waals surface area (Å²) in [5, 5.41) is 38.9. The highest BCUT2D eigenvalue weighted by Gasteiger charge is 2.15. The van der Waals surface area contributed by atoms with Crippen LogP contribution >= 0.6 is 0 Å². The van der Waals surface area contributed by atoms with Crippen LogP contribution in [0.4, 0.5) is 0 Å². The van der Waals surface area contributed by atoms with Crippen LogP contribution in [-0.2, 0) is 0 Å². The second-order valence-electron chi connectivity index (χ2n) is 4.19. The van der Waals surface area contributed by atoms with E-state index in [9.17, 15) is 25.2 Å². The van der Waals surface area contributed by atoms with Crippen molar-refractivity contribution in [1.29, 1.82) is 0 Å². The van der Waals surface area contributed by atoms with Gasteiger partial charge in [-0.2, -0.15) is 0 Å². The van der Waals surface area contributed by atoms with Gasteiger partial charge in [-0.3, -0.25) is 4.79 Å². The van der Waals surface area contributed by atoms with Gasteiger partial charge in [0.05, 0.1) is 16.7 Å². The molecule has 98 valence electrons. The van der Waals surface area contributed by atoms with E-state index in [1.165, 1.54) is 25.1 Å². The van der Waals surface area contributed by atoms with Crippen LogP contribution < -0.4 is 0 Å². The van der Waals surface area contributed by atoms with Crippen molar-refractivity contribution in [3.63, 3.8) is 0 Å². The quantitative estimate of drug-likeness (QED) is 0.491. The number of hydrogen-bond acceptors (Lipinski definition) is 5. The summed E-state index contributed by atoms with van der Waals surface area (Å²) in [7, 11) is 0. The van der Waals surface area contributed by atoms with Gasteiger partial charge in [-0.25, -0.2) is 0 Å². The number of allylic oxidation sites excluding steroid dienone is 1. The lowest BCUT2D eigenvalue weighted by molar-refractivity contribution is 0.112. The molecule has 0 radical (unpaired) electrons. The van der Waals surface area contributed by atoms with Gasteiger partial charge in [-0.1, -0.05) is 0 Å². The van der Waals surface area contributed by atoms with Gasteiger partial charge in [-0.05, 0) is 36.1 Å². The highest BCUT2D eigenvalue weighted by Crippen LogP contribution is 2.39. The monoisotopic (exact) mass is 260 g/mol. The normalized spacial score (nSPS) is 11.7. The summed E-state index contributed by atoms with van der Waals surface area (Å²) in [6.07, 6.45) is 1.75. The first-order chi connectivity index (χ1) is 8.93. The third kappa shape index (κ3) is 2.18. The number of aromatic hydroxyl groups is 3. The Kier molecular flexibility index (Phi) is 3.04. The number of aliphatic hydroxyl groups excluding tert-OH is 1. The molecular formula is C14H12O5. The number of carbonyl (C=O) groups is 1. The molecule has 0 heterocycles. The molecule has 5 heteroatoms. The summed E-state index contributed by atoms with van der Waals surface area (Å²) < 4.78 is 0. The molecule has 0 bridgehead atoms. The molecule has 4 N–H and O–H groups in total. The Hall–Kier alpha value is -2.69. The number of hydrogen-bond donors (Lipinski definition) is 4. The van der Waals surface area contributed by atoms with Crippen molar-refractivity contribution in [2.45, 2.75) is 6.92 Å². The summed E-state index contributed by atoms with van der Waals surface area (Å²) in [5.41, 5.74) is 0.256. The molecule has 5 nitrogen and oxygen atoms in total. The SMILES string of the molecule is CC(O)=Cc1cc2cc(O)cc(O)c2c(O)c1C=O. The third-order valence-electron chi connectivity index (χ3n) is 2.73. The largest absolute Gasteiger partial charge is 0.513 e. The Morgan fingerprint density at radius 1 is 1.16 bits per heavy atom. The van der Waals surface area contributed by atoms with Crippen LogP contribution in [0.1, 0.15) is 22.8 Å². The molecule has 19 heavy (non-hydrogen) atoms. The Morgan fingerprint density at radius 3 is 2.42 bits per heavy atom. The summed E-state index contributed by atoms with van der Waals surface area (Å²) in [6.45, 7) is 1.43. The molecule has 0 unspecified atom stereocenters. The van der Waals surface area contributed by atoms with Gasteiger partial charge in [-0.15, -0.1) is 0 Å². The maximum Gasteiger partial charge on any atom is 0.154 e. The Balaban J connectivity index is 2.93. The van der Waals surface area contributed by atoms with E-state index in [1.807, 2.05) is 0 Å². The maximum absolute atomic E-state index is 11.0. The molecule has 0 atom stereocenters. The van der Waals surface area contributed by atoms with Crippen molar-refractivity contribution in [2.24, 2.45) is 0 Å². The van der Waals surface area contributed by atoms with Crippen molar-refractivity contribution in [3.05, 3.63) is 35.1 Å². The van der Waals surface area contributed by atoms with Crippen LogP contribution in [-0.4, -0.2) is 26.7 Å². The molecule has 2 aromatic carbocycles. The average Bonchev–Trinajstić information content (AvgIpc) is 2.26. The van der Waals surface area contributed by atoms with Gasteiger partial charge in [0.2, 0.25) is 0 Å². The molecule has 0 saturated heterocycles. The predicted octanol–water partition coefficient (Wildman–Crippen LogP) is 2.69. The topological polar surface area (TPSA) is 98.0 Å². The molecule has 0 aliphatic carbocycles. The van der Waals surface area contributed by atoms with Crippen LogP contribution in [0.5, 0.6) is 17.2 Å². The van der Waals surface area contributed by atoms with Gasteiger partial charge in [0.25, 0.3) is 0 Å². The Bertz CT molecular complexity index is 697. The van der Waals surface area contributed by atoms with E-state index in [1.54, 1.807) is 0 Å². The maximum atomic E-state index is 11.0. The summed E-state index contributed by atoms with van der Waals surface area (Å²) in [4.78, 5) is 11.0. The highest BCUT2D eigenvalue weighted by atomic mass is 16.3. The Labute approximate surface area is 108 Å². The fourth-order valence-corrected chi connectivity index (χ4v) is 1.99. The summed E-state index contributed by atoms with van der Waals surface area (Å²) >= 11 is 0. The van der Waals surface area contributed by atoms with Crippen LogP contribution in [0.15, 0.2) is 24.0 Å². The van der Waals surface area contributed by atoms with Gasteiger partial charge >= 0.3 is 0 Å². The van der Waals surface area contributed by atoms with Crippen LogP contribution in [0.3, 0.4) is 0 Å². The zero-order valence-corrected chi connectivity index (χ0v) is 10.1. The van der Waals surface area contributed by atoms with E-state index in [0.29, 0.717) is 17.2 Å². The Morgan fingerprint density at radius 2 is 1.84 bits per heavy atom. The van der Waals surface area contributed by atoms with Gasteiger partial charge in [0.1, 0.15) is 17.2 Å². The zero-order valence-electron chi connectivity index (χ0n) is 10.1. The molecule has 0 saturated carbocycles. The van der Waals surface area contributed by atoms with Crippen molar-refractivity contribution in [2.75, 3.05) is 0 Å². The standard InChI is InChI=1S/C14H12O5/c1-7(16)2-8-3-9-4-10(17)5-12(18)13(9)14(19)11(8)6-15/h2-6,16-19H,1H3. The van der Waals surface area contributed by atoms with Crippen molar-refractivity contribution in [1.82, 2.24) is 0 Å². The van der Waals surface area contributed by atoms with Gasteiger partial charge < -0.3 is 20.4 Å². The van der Waals surface area contributed by atoms with E-state index in [4.69, 9.17) is 0 Å². The smallest absolute Gasteiger partial charge is 0.154 e. The minimum absolute atomic E-state index is 0.0359. The van der Waals surface area contributed by atoms with Crippen LogP contribution in [0.25, 0.3) is 16.8 Å². The number of phenols is 3. The fraction of sp³-hybridized carbons (Fsp3) is 0.0714. The third-order valence-corrected chi connectivity index (χ3v) is 2.73. The second-order valence-corrected chi connectivity index (χ2v) is 4.19. The number of benzene rings is 2. The summed E-state index contributed by atoms with van der Waals surface area (Å²) in [6, 6.07) is 3.90. The molecule has 2 aromatic rings. The number of fused-ring (bicyclic) bond motifs is 1. The fourth-order valence-electron chi connectivity index (χ4n) is 1.99. The highest BCUT2D eigenvalue weighted by molar-refractivity contribution is 6.03. The predicted molar refractivity (Wildman–Crippen MR) is 70.6 cm³/mol. The minimum Gasteiger partial charge on any atom is -0.513 e. The number of phenolic OH excluding ortho intramolecular Hbond substituents is 3. The number of carbonyl (C=O) groups excluding carboxylic acids is 1. The van der Waals surface area contributed by atoms with E-state index in [-0.39, 0.29) is 28.2 Å². The van der Waals surface area contributed by atoms with Crippen LogP contribution in [0.2, 0.25) is 0 Å². The lowest BCUT2D eigenvalue weighted by Gasteiger charge is -2.10. The number of aliphatic hydroxyl groups is 1. The van der Waals surface area contributed by atoms with Crippen LogP contribution in [0, 0.1) is 0 Å². The van der Waals surface area contributed by atoms with Gasteiger partial charge in [0.15, 0.2) is 6.29 Å². The van der Waals surface area contributed by atoms with Crippen molar-refractivity contribution >= 4 is 23.1 Å². The molecule has 0 amide bonds. The van der Waals surface area contributed by atoms with Crippen molar-refractivity contribution < 1.29 is 25.2 Å². The first-order valence-electron chi connectivity index (χ1n) is 5.48. The van der Waals surface area contributed by atoms with E-state index >= 15 is 0 Å². The lowest BCUT2D eigenvalue weighted by Crippen LogP contribution is -1.91. The molecule has 0 fully saturated rings. The molecule has 0 aliphatic rings.